The van der Waals surface area contributed by atoms with E-state index in [0.29, 0.717) is 36.8 Å². The lowest BCUT2D eigenvalue weighted by molar-refractivity contribution is 0.00168. The Labute approximate surface area is 136 Å². The zero-order valence-corrected chi connectivity index (χ0v) is 14.0. The SMILES string of the molecule is CC(C)Cn1ncc(C(=O)N2CCCC(F)(CO)C2)c1C1CC1. The average molecular weight is 323 g/mol. The molecule has 23 heavy (non-hydrogen) atoms. The first-order chi connectivity index (χ1) is 10.9. The highest BCUT2D eigenvalue weighted by molar-refractivity contribution is 5.95. The number of piperidine rings is 1. The van der Waals surface area contributed by atoms with Crippen LogP contribution in [-0.4, -0.2) is 51.1 Å². The lowest BCUT2D eigenvalue weighted by Gasteiger charge is -2.36. The fourth-order valence-electron chi connectivity index (χ4n) is 3.40. The summed E-state index contributed by atoms with van der Waals surface area (Å²) in [5.74, 6) is 0.725. The number of alkyl halides is 1. The van der Waals surface area contributed by atoms with Crippen LogP contribution >= 0.6 is 0 Å². The summed E-state index contributed by atoms with van der Waals surface area (Å²) in [5, 5.41) is 13.7. The highest BCUT2D eigenvalue weighted by Gasteiger charge is 2.39. The summed E-state index contributed by atoms with van der Waals surface area (Å²) in [7, 11) is 0. The lowest BCUT2D eigenvalue weighted by atomic mass is 9.95. The molecule has 5 nitrogen and oxygen atoms in total. The van der Waals surface area contributed by atoms with E-state index in [2.05, 4.69) is 18.9 Å². The molecule has 1 aliphatic heterocycles. The first kappa shape index (κ1) is 16.4. The number of rotatable bonds is 5. The van der Waals surface area contributed by atoms with Gasteiger partial charge in [-0.3, -0.25) is 9.48 Å². The molecule has 1 amide bonds. The number of hydrogen-bond acceptors (Lipinski definition) is 3. The highest BCUT2D eigenvalue weighted by atomic mass is 19.1. The summed E-state index contributed by atoms with van der Waals surface area (Å²) in [4.78, 5) is 14.4. The van der Waals surface area contributed by atoms with Crippen molar-refractivity contribution >= 4 is 5.91 Å². The molecule has 0 radical (unpaired) electrons. The minimum atomic E-state index is -1.67. The number of nitrogens with zero attached hydrogens (tertiary/aromatic N) is 3. The van der Waals surface area contributed by atoms with E-state index in [1.165, 1.54) is 0 Å². The molecular formula is C17H26FN3O2. The van der Waals surface area contributed by atoms with Crippen molar-refractivity contribution < 1.29 is 14.3 Å². The summed E-state index contributed by atoms with van der Waals surface area (Å²) >= 11 is 0. The van der Waals surface area contributed by atoms with E-state index < -0.39 is 12.3 Å². The third kappa shape index (κ3) is 3.42. The number of carbonyl (C=O) groups is 1. The summed E-state index contributed by atoms with van der Waals surface area (Å²) < 4.78 is 16.4. The van der Waals surface area contributed by atoms with Crippen LogP contribution in [0.5, 0.6) is 0 Å². The quantitative estimate of drug-likeness (QED) is 0.905. The molecule has 0 aromatic carbocycles. The molecule has 1 aromatic rings. The predicted molar refractivity (Wildman–Crippen MR) is 85.1 cm³/mol. The van der Waals surface area contributed by atoms with Crippen molar-refractivity contribution in [3.05, 3.63) is 17.5 Å². The van der Waals surface area contributed by atoms with E-state index in [-0.39, 0.29) is 12.5 Å². The average Bonchev–Trinajstić information content (AvgIpc) is 3.27. The zero-order chi connectivity index (χ0) is 16.6. The molecule has 1 N–H and O–H groups in total. The Balaban J connectivity index is 1.83. The molecule has 2 fully saturated rings. The maximum absolute atomic E-state index is 14.4. The van der Waals surface area contributed by atoms with Crippen LogP contribution in [-0.2, 0) is 6.54 Å². The van der Waals surface area contributed by atoms with E-state index in [0.717, 1.165) is 25.1 Å². The first-order valence-electron chi connectivity index (χ1n) is 8.58. The Hall–Kier alpha value is -1.43. The fourth-order valence-corrected chi connectivity index (χ4v) is 3.40. The van der Waals surface area contributed by atoms with Gasteiger partial charge in [0.05, 0.1) is 30.6 Å². The van der Waals surface area contributed by atoms with Crippen LogP contribution in [0.4, 0.5) is 4.39 Å². The number of aliphatic hydroxyl groups excluding tert-OH is 1. The number of aromatic nitrogens is 2. The van der Waals surface area contributed by atoms with Crippen molar-refractivity contribution in [3.63, 3.8) is 0 Å². The molecule has 1 atom stereocenters. The minimum Gasteiger partial charge on any atom is -0.393 e. The van der Waals surface area contributed by atoms with Gasteiger partial charge in [-0.2, -0.15) is 5.10 Å². The van der Waals surface area contributed by atoms with Crippen molar-refractivity contribution in [2.75, 3.05) is 19.7 Å². The number of hydrogen-bond donors (Lipinski definition) is 1. The number of halogens is 1. The first-order valence-corrected chi connectivity index (χ1v) is 8.58. The van der Waals surface area contributed by atoms with Gasteiger partial charge in [-0.15, -0.1) is 0 Å². The molecule has 1 aliphatic carbocycles. The van der Waals surface area contributed by atoms with Gasteiger partial charge >= 0.3 is 0 Å². The maximum atomic E-state index is 14.4. The van der Waals surface area contributed by atoms with E-state index in [4.69, 9.17) is 0 Å². The van der Waals surface area contributed by atoms with E-state index in [9.17, 15) is 14.3 Å². The van der Waals surface area contributed by atoms with E-state index in [1.807, 2.05) is 4.68 Å². The van der Waals surface area contributed by atoms with Crippen LogP contribution in [0.3, 0.4) is 0 Å². The second kappa shape index (κ2) is 6.23. The molecule has 1 unspecified atom stereocenters. The number of aliphatic hydroxyl groups is 1. The topological polar surface area (TPSA) is 58.4 Å². The van der Waals surface area contributed by atoms with Gasteiger partial charge in [0.25, 0.3) is 5.91 Å². The van der Waals surface area contributed by atoms with Gasteiger partial charge in [0.2, 0.25) is 0 Å². The fraction of sp³-hybridized carbons (Fsp3) is 0.765. The van der Waals surface area contributed by atoms with Crippen molar-refractivity contribution in [2.45, 2.75) is 57.7 Å². The summed E-state index contributed by atoms with van der Waals surface area (Å²) in [6.07, 6.45) is 4.73. The Morgan fingerprint density at radius 1 is 1.52 bits per heavy atom. The Kier molecular flexibility index (Phi) is 4.45. The molecule has 6 heteroatoms. The van der Waals surface area contributed by atoms with Gasteiger partial charge in [-0.1, -0.05) is 13.8 Å². The van der Waals surface area contributed by atoms with Crippen molar-refractivity contribution in [3.8, 4) is 0 Å². The Bertz CT molecular complexity index is 582. The van der Waals surface area contributed by atoms with Gasteiger partial charge in [-0.05, 0) is 31.6 Å². The molecule has 128 valence electrons. The van der Waals surface area contributed by atoms with Crippen LogP contribution in [0.1, 0.15) is 61.5 Å². The van der Waals surface area contributed by atoms with Crippen molar-refractivity contribution in [1.29, 1.82) is 0 Å². The highest BCUT2D eigenvalue weighted by Crippen LogP contribution is 2.42. The Morgan fingerprint density at radius 3 is 2.87 bits per heavy atom. The minimum absolute atomic E-state index is 0.0260. The summed E-state index contributed by atoms with van der Waals surface area (Å²) in [6, 6.07) is 0. The van der Waals surface area contributed by atoms with Crippen LogP contribution in [0.2, 0.25) is 0 Å². The van der Waals surface area contributed by atoms with Gasteiger partial charge in [-0.25, -0.2) is 4.39 Å². The molecule has 1 saturated carbocycles. The molecule has 1 saturated heterocycles. The molecule has 3 rings (SSSR count). The monoisotopic (exact) mass is 323 g/mol. The normalized spacial score (nSPS) is 25.2. The second-order valence-corrected chi connectivity index (χ2v) is 7.43. The van der Waals surface area contributed by atoms with Gasteiger partial charge in [0, 0.05) is 19.0 Å². The smallest absolute Gasteiger partial charge is 0.257 e. The van der Waals surface area contributed by atoms with Crippen LogP contribution in [0.25, 0.3) is 0 Å². The van der Waals surface area contributed by atoms with E-state index >= 15 is 0 Å². The van der Waals surface area contributed by atoms with Crippen molar-refractivity contribution in [1.82, 2.24) is 14.7 Å². The van der Waals surface area contributed by atoms with Crippen LogP contribution in [0.15, 0.2) is 6.20 Å². The third-order valence-corrected chi connectivity index (χ3v) is 4.71. The van der Waals surface area contributed by atoms with E-state index in [1.54, 1.807) is 11.1 Å². The molecule has 2 aliphatic rings. The largest absolute Gasteiger partial charge is 0.393 e. The molecule has 2 heterocycles. The second-order valence-electron chi connectivity index (χ2n) is 7.43. The standard InChI is InChI=1S/C17H26FN3O2/c1-12(2)9-21-15(13-4-5-13)14(8-19-21)16(23)20-7-3-6-17(18,10-20)11-22/h8,12-13,22H,3-7,9-11H2,1-2H3. The van der Waals surface area contributed by atoms with Gasteiger partial charge < -0.3 is 10.0 Å². The van der Waals surface area contributed by atoms with Gasteiger partial charge in [0.15, 0.2) is 5.67 Å². The van der Waals surface area contributed by atoms with Crippen molar-refractivity contribution in [2.24, 2.45) is 5.92 Å². The number of amides is 1. The molecular weight excluding hydrogens is 297 g/mol. The summed E-state index contributed by atoms with van der Waals surface area (Å²) in [5.41, 5.74) is -0.0280. The maximum Gasteiger partial charge on any atom is 0.257 e. The third-order valence-electron chi connectivity index (χ3n) is 4.71. The Morgan fingerprint density at radius 2 is 2.26 bits per heavy atom. The number of likely N-dealkylation sites (tertiary alicyclic amines) is 1. The van der Waals surface area contributed by atoms with Crippen LogP contribution < -0.4 is 0 Å². The molecule has 0 bridgehead atoms. The zero-order valence-electron chi connectivity index (χ0n) is 14.0. The molecule has 0 spiro atoms. The van der Waals surface area contributed by atoms with Crippen LogP contribution in [0, 0.1) is 5.92 Å². The summed E-state index contributed by atoms with van der Waals surface area (Å²) in [6.45, 7) is 5.04. The van der Waals surface area contributed by atoms with Gasteiger partial charge in [0.1, 0.15) is 0 Å². The lowest BCUT2D eigenvalue weighted by Crippen LogP contribution is -2.49. The number of carbonyl (C=O) groups excluding carboxylic acids is 1. The molecule has 1 aromatic heterocycles. The predicted octanol–water partition coefficient (Wildman–Crippen LogP) is 2.35.